The predicted octanol–water partition coefficient (Wildman–Crippen LogP) is 0.766. The fraction of sp³-hybridized carbons (Fsp3) is 0.360. The number of rotatable bonds is 5. The zero-order valence-electron chi connectivity index (χ0n) is 20.3. The highest BCUT2D eigenvalue weighted by Gasteiger charge is 2.28. The van der Waals surface area contributed by atoms with Gasteiger partial charge in [0.2, 0.25) is 0 Å². The molecule has 0 unspecified atom stereocenters. The van der Waals surface area contributed by atoms with Gasteiger partial charge in [-0.15, -0.1) is 0 Å². The first-order chi connectivity index (χ1) is 17.7. The van der Waals surface area contributed by atoms with Crippen LogP contribution in [-0.2, 0) is 16.0 Å². The highest BCUT2D eigenvalue weighted by molar-refractivity contribution is 6.01. The maximum absolute atomic E-state index is 13.1. The maximum Gasteiger partial charge on any atom is 0.329 e. The predicted molar refractivity (Wildman–Crippen MR) is 134 cm³/mol. The Hall–Kier alpha value is -4.32. The Labute approximate surface area is 210 Å². The molecule has 0 radical (unpaired) electrons. The third kappa shape index (κ3) is 4.62. The van der Waals surface area contributed by atoms with Crippen LogP contribution >= 0.6 is 0 Å². The minimum atomic E-state index is -1.09. The lowest BCUT2D eigenvalue weighted by Gasteiger charge is -2.34. The van der Waals surface area contributed by atoms with Crippen molar-refractivity contribution in [2.45, 2.75) is 45.3 Å². The van der Waals surface area contributed by atoms with Crippen LogP contribution in [0.4, 0.5) is 0 Å². The van der Waals surface area contributed by atoms with E-state index in [-0.39, 0.29) is 29.5 Å². The number of piperidine rings is 1. The minimum Gasteiger partial charge on any atom is -0.384 e. The van der Waals surface area contributed by atoms with Gasteiger partial charge in [-0.3, -0.25) is 28.9 Å². The maximum atomic E-state index is 13.1. The van der Waals surface area contributed by atoms with Gasteiger partial charge in [0.05, 0.1) is 28.5 Å². The second-order valence-corrected chi connectivity index (χ2v) is 9.21. The quantitative estimate of drug-likeness (QED) is 0.374. The molecule has 12 heteroatoms. The number of nitrogens with one attached hydrogen (secondary N) is 1. The van der Waals surface area contributed by atoms with Gasteiger partial charge in [0.15, 0.2) is 0 Å². The zero-order chi connectivity index (χ0) is 26.3. The van der Waals surface area contributed by atoms with Gasteiger partial charge in [0, 0.05) is 43.3 Å². The van der Waals surface area contributed by atoms with Crippen LogP contribution in [0.5, 0.6) is 0 Å². The normalized spacial score (nSPS) is 15.3. The molecule has 1 aliphatic rings. The Morgan fingerprint density at radius 2 is 1.81 bits per heavy atom. The molecule has 0 bridgehead atoms. The van der Waals surface area contributed by atoms with E-state index in [9.17, 15) is 24.3 Å². The molecule has 0 aliphatic carbocycles. The van der Waals surface area contributed by atoms with Crippen molar-refractivity contribution in [3.63, 3.8) is 0 Å². The van der Waals surface area contributed by atoms with Crippen molar-refractivity contribution >= 4 is 33.6 Å². The van der Waals surface area contributed by atoms with E-state index in [0.717, 1.165) is 0 Å². The van der Waals surface area contributed by atoms with E-state index in [0.29, 0.717) is 59.6 Å². The van der Waals surface area contributed by atoms with E-state index in [1.165, 1.54) is 24.6 Å². The Kier molecular flexibility index (Phi) is 6.34. The first kappa shape index (κ1) is 24.4. The van der Waals surface area contributed by atoms with Gasteiger partial charge >= 0.3 is 5.69 Å². The lowest BCUT2D eigenvalue weighted by atomic mass is 10.0. The fourth-order valence-corrected chi connectivity index (χ4v) is 4.71. The standard InChI is InChI=1S/C25H25N7O5/c1-13(33)9-20-27-10-15(11-28-20)18-3-4-19-21(29-18)22-17(12-26-19)23(35)30-25(37)32(22)16-5-7-31(8-6-16)24(36)14(2)34/h3-4,10-12,14,16,34H,5-9H2,1-2H3,(H,30,35,37)/t14-/m1/s1. The highest BCUT2D eigenvalue weighted by Crippen LogP contribution is 2.28. The number of aromatic nitrogens is 6. The van der Waals surface area contributed by atoms with E-state index in [2.05, 4.69) is 19.9 Å². The number of aliphatic hydroxyl groups is 1. The molecular formula is C25H25N7O5. The number of aliphatic hydroxyl groups excluding tert-OH is 1. The monoisotopic (exact) mass is 503 g/mol. The van der Waals surface area contributed by atoms with Gasteiger partial charge in [-0.1, -0.05) is 0 Å². The second-order valence-electron chi connectivity index (χ2n) is 9.21. The number of carbonyl (C=O) groups excluding carboxylic acids is 2. The molecule has 5 heterocycles. The SMILES string of the molecule is CC(=O)Cc1ncc(-c2ccc3ncc4c(=O)[nH]c(=O)n(C5CCN(C(=O)[C@@H](C)O)CC5)c4c3n2)cn1. The number of amides is 1. The lowest BCUT2D eigenvalue weighted by Crippen LogP contribution is -2.45. The van der Waals surface area contributed by atoms with Gasteiger partial charge in [-0.2, -0.15) is 0 Å². The highest BCUT2D eigenvalue weighted by atomic mass is 16.3. The third-order valence-electron chi connectivity index (χ3n) is 6.52. The summed E-state index contributed by atoms with van der Waals surface area (Å²) in [5, 5.41) is 9.87. The Morgan fingerprint density at radius 3 is 2.46 bits per heavy atom. The molecular weight excluding hydrogens is 478 g/mol. The van der Waals surface area contributed by atoms with Crippen molar-refractivity contribution in [2.24, 2.45) is 0 Å². The van der Waals surface area contributed by atoms with E-state index >= 15 is 0 Å². The van der Waals surface area contributed by atoms with Gasteiger partial charge < -0.3 is 10.0 Å². The van der Waals surface area contributed by atoms with Gasteiger partial charge in [0.25, 0.3) is 11.5 Å². The number of carbonyl (C=O) groups is 2. The van der Waals surface area contributed by atoms with Crippen LogP contribution in [0.2, 0.25) is 0 Å². The number of aromatic amines is 1. The summed E-state index contributed by atoms with van der Waals surface area (Å²) in [5.74, 6) is 0.0120. The number of hydrogen-bond donors (Lipinski definition) is 2. The Bertz CT molecular complexity index is 1630. The van der Waals surface area contributed by atoms with Crippen molar-refractivity contribution in [3.8, 4) is 11.3 Å². The van der Waals surface area contributed by atoms with E-state index in [1.807, 2.05) is 0 Å². The van der Waals surface area contributed by atoms with Crippen molar-refractivity contribution in [1.29, 1.82) is 0 Å². The van der Waals surface area contributed by atoms with Crippen molar-refractivity contribution in [2.75, 3.05) is 13.1 Å². The molecule has 0 spiro atoms. The first-order valence-electron chi connectivity index (χ1n) is 11.9. The summed E-state index contributed by atoms with van der Waals surface area (Å²) in [6, 6.07) is 3.20. The molecule has 4 aromatic heterocycles. The molecule has 2 N–H and O–H groups in total. The molecule has 12 nitrogen and oxygen atoms in total. The topological polar surface area (TPSA) is 164 Å². The van der Waals surface area contributed by atoms with Crippen molar-refractivity contribution in [3.05, 3.63) is 57.4 Å². The van der Waals surface area contributed by atoms with Gasteiger partial charge in [0.1, 0.15) is 23.2 Å². The zero-order valence-corrected chi connectivity index (χ0v) is 20.3. The summed E-state index contributed by atoms with van der Waals surface area (Å²) in [7, 11) is 0. The van der Waals surface area contributed by atoms with Crippen LogP contribution in [0.15, 0.2) is 40.3 Å². The third-order valence-corrected chi connectivity index (χ3v) is 6.52. The van der Waals surface area contributed by atoms with E-state index < -0.39 is 17.4 Å². The van der Waals surface area contributed by atoms with Crippen LogP contribution in [0.3, 0.4) is 0 Å². The number of hydrogen-bond acceptors (Lipinski definition) is 9. The largest absolute Gasteiger partial charge is 0.384 e. The van der Waals surface area contributed by atoms with Crippen LogP contribution < -0.4 is 11.2 Å². The molecule has 190 valence electrons. The summed E-state index contributed by atoms with van der Waals surface area (Å²) in [5.41, 5.74) is 1.27. The van der Waals surface area contributed by atoms with Gasteiger partial charge in [-0.05, 0) is 38.8 Å². The summed E-state index contributed by atoms with van der Waals surface area (Å²) in [6.45, 7) is 3.63. The molecule has 4 aromatic rings. The number of likely N-dealkylation sites (tertiary alicyclic amines) is 1. The molecule has 0 aromatic carbocycles. The molecule has 1 saturated heterocycles. The van der Waals surface area contributed by atoms with Crippen LogP contribution in [0.25, 0.3) is 33.2 Å². The lowest BCUT2D eigenvalue weighted by molar-refractivity contribution is -0.140. The van der Waals surface area contributed by atoms with Gasteiger partial charge in [-0.25, -0.2) is 19.7 Å². The van der Waals surface area contributed by atoms with Crippen molar-refractivity contribution in [1.82, 2.24) is 34.4 Å². The molecule has 1 atom stereocenters. The molecule has 0 saturated carbocycles. The van der Waals surface area contributed by atoms with Crippen LogP contribution in [-0.4, -0.2) is 70.4 Å². The number of fused-ring (bicyclic) bond motifs is 3. The number of ketones is 1. The number of nitrogens with zero attached hydrogens (tertiary/aromatic N) is 6. The molecule has 5 rings (SSSR count). The van der Waals surface area contributed by atoms with Crippen LogP contribution in [0.1, 0.15) is 38.6 Å². The van der Waals surface area contributed by atoms with Crippen molar-refractivity contribution < 1.29 is 14.7 Å². The molecule has 37 heavy (non-hydrogen) atoms. The summed E-state index contributed by atoms with van der Waals surface area (Å²) in [4.78, 5) is 70.9. The minimum absolute atomic E-state index is 0.0432. The Balaban J connectivity index is 1.61. The summed E-state index contributed by atoms with van der Waals surface area (Å²) in [6.07, 6.45) is 4.56. The average Bonchev–Trinajstić information content (AvgIpc) is 2.88. The number of H-pyrrole nitrogens is 1. The van der Waals surface area contributed by atoms with E-state index in [4.69, 9.17) is 4.98 Å². The van der Waals surface area contributed by atoms with Crippen LogP contribution in [0, 0.1) is 0 Å². The number of Topliss-reactive ketones (excluding diaryl/α,β-unsaturated/α-hetero) is 1. The average molecular weight is 504 g/mol. The second kappa shape index (κ2) is 9.62. The fourth-order valence-electron chi connectivity index (χ4n) is 4.71. The summed E-state index contributed by atoms with van der Waals surface area (Å²) >= 11 is 0. The molecule has 1 aliphatic heterocycles. The van der Waals surface area contributed by atoms with E-state index in [1.54, 1.807) is 29.4 Å². The summed E-state index contributed by atoms with van der Waals surface area (Å²) < 4.78 is 1.54. The molecule has 1 fully saturated rings. The Morgan fingerprint density at radius 1 is 1.11 bits per heavy atom. The number of pyridine rings is 2. The smallest absolute Gasteiger partial charge is 0.329 e. The molecule has 1 amide bonds. The first-order valence-corrected chi connectivity index (χ1v) is 11.9.